The molecule has 2 heterocycles. The van der Waals surface area contributed by atoms with Crippen molar-refractivity contribution in [2.75, 3.05) is 6.54 Å². The molecule has 0 radical (unpaired) electrons. The van der Waals surface area contributed by atoms with Gasteiger partial charge in [-0.1, -0.05) is 13.8 Å². The van der Waals surface area contributed by atoms with Crippen molar-refractivity contribution in [2.45, 2.75) is 32.7 Å². The number of aromatic nitrogens is 5. The summed E-state index contributed by atoms with van der Waals surface area (Å²) in [6.45, 7) is 5.26. The van der Waals surface area contributed by atoms with Gasteiger partial charge in [0.15, 0.2) is 5.65 Å². The summed E-state index contributed by atoms with van der Waals surface area (Å²) in [5.74, 6) is 0. The molecule has 1 unspecified atom stereocenters. The minimum atomic E-state index is 0.464. The second-order valence-corrected chi connectivity index (χ2v) is 3.72. The molecule has 0 spiro atoms. The van der Waals surface area contributed by atoms with Crippen LogP contribution < -0.4 is 5.32 Å². The third-order valence-corrected chi connectivity index (χ3v) is 2.57. The van der Waals surface area contributed by atoms with Crippen LogP contribution in [-0.4, -0.2) is 37.8 Å². The summed E-state index contributed by atoms with van der Waals surface area (Å²) in [6, 6.07) is 4.33. The van der Waals surface area contributed by atoms with Crippen LogP contribution in [0.25, 0.3) is 5.65 Å². The monoisotopic (exact) mass is 220 g/mol. The van der Waals surface area contributed by atoms with Crippen LogP contribution in [0, 0.1) is 0 Å². The van der Waals surface area contributed by atoms with E-state index in [0.29, 0.717) is 11.7 Å². The van der Waals surface area contributed by atoms with E-state index >= 15 is 0 Å². The molecule has 86 valence electrons. The SMILES string of the molecule is CCNC(CC)Cc1ccc2nnnn2n1. The van der Waals surface area contributed by atoms with Gasteiger partial charge in [-0.15, -0.1) is 9.73 Å². The summed E-state index contributed by atoms with van der Waals surface area (Å²) < 4.78 is 1.47. The summed E-state index contributed by atoms with van der Waals surface area (Å²) >= 11 is 0. The second kappa shape index (κ2) is 4.98. The van der Waals surface area contributed by atoms with Gasteiger partial charge >= 0.3 is 0 Å². The van der Waals surface area contributed by atoms with Crippen LogP contribution in [0.5, 0.6) is 0 Å². The minimum Gasteiger partial charge on any atom is -0.314 e. The average Bonchev–Trinajstić information content (AvgIpc) is 2.75. The van der Waals surface area contributed by atoms with Gasteiger partial charge in [-0.2, -0.15) is 5.10 Å². The molecule has 0 saturated heterocycles. The minimum absolute atomic E-state index is 0.464. The van der Waals surface area contributed by atoms with Gasteiger partial charge in [0.25, 0.3) is 0 Å². The van der Waals surface area contributed by atoms with Gasteiger partial charge < -0.3 is 5.32 Å². The first-order chi connectivity index (χ1) is 7.83. The van der Waals surface area contributed by atoms with Crippen LogP contribution in [-0.2, 0) is 6.42 Å². The highest BCUT2D eigenvalue weighted by atomic mass is 15.6. The largest absolute Gasteiger partial charge is 0.314 e. The smallest absolute Gasteiger partial charge is 0.199 e. The van der Waals surface area contributed by atoms with Crippen molar-refractivity contribution >= 4 is 5.65 Å². The Balaban J connectivity index is 2.13. The second-order valence-electron chi connectivity index (χ2n) is 3.72. The van der Waals surface area contributed by atoms with E-state index in [2.05, 4.69) is 39.8 Å². The maximum Gasteiger partial charge on any atom is 0.199 e. The number of tetrazole rings is 1. The van der Waals surface area contributed by atoms with Crippen LogP contribution in [0.3, 0.4) is 0 Å². The first-order valence-electron chi connectivity index (χ1n) is 5.61. The predicted molar refractivity (Wildman–Crippen MR) is 60.0 cm³/mol. The summed E-state index contributed by atoms with van der Waals surface area (Å²) in [4.78, 5) is 0. The maximum absolute atomic E-state index is 4.35. The van der Waals surface area contributed by atoms with E-state index in [1.807, 2.05) is 12.1 Å². The molecule has 0 aliphatic heterocycles. The number of hydrogen-bond acceptors (Lipinski definition) is 5. The quantitative estimate of drug-likeness (QED) is 0.792. The predicted octanol–water partition coefficient (Wildman–Crippen LogP) is 0.450. The molecule has 16 heavy (non-hydrogen) atoms. The van der Waals surface area contributed by atoms with Gasteiger partial charge in [-0.3, -0.25) is 0 Å². The van der Waals surface area contributed by atoms with Crippen molar-refractivity contribution < 1.29 is 0 Å². The lowest BCUT2D eigenvalue weighted by Gasteiger charge is -2.14. The van der Waals surface area contributed by atoms with Gasteiger partial charge in [0.05, 0.1) is 5.69 Å². The van der Waals surface area contributed by atoms with Crippen molar-refractivity contribution in [1.82, 2.24) is 30.6 Å². The molecule has 2 aromatic heterocycles. The Hall–Kier alpha value is -1.56. The standard InChI is InChI=1S/C10H16N6/c1-3-8(11-4-2)7-9-5-6-10-12-14-15-16(10)13-9/h5-6,8,11H,3-4,7H2,1-2H3. The zero-order valence-corrected chi connectivity index (χ0v) is 9.59. The number of nitrogens with zero attached hydrogens (tertiary/aromatic N) is 5. The van der Waals surface area contributed by atoms with Gasteiger partial charge in [0, 0.05) is 12.5 Å². The number of likely N-dealkylation sites (N-methyl/N-ethyl adjacent to an activating group) is 1. The molecule has 0 aliphatic rings. The lowest BCUT2D eigenvalue weighted by atomic mass is 10.1. The van der Waals surface area contributed by atoms with Gasteiger partial charge in [0.2, 0.25) is 0 Å². The van der Waals surface area contributed by atoms with Crippen LogP contribution >= 0.6 is 0 Å². The Morgan fingerprint density at radius 1 is 1.38 bits per heavy atom. The molecule has 0 amide bonds. The molecule has 0 bridgehead atoms. The molecule has 0 fully saturated rings. The topological polar surface area (TPSA) is 68.0 Å². The molecule has 1 atom stereocenters. The molecule has 1 N–H and O–H groups in total. The van der Waals surface area contributed by atoms with Gasteiger partial charge in [0.1, 0.15) is 0 Å². The fraction of sp³-hybridized carbons (Fsp3) is 0.600. The average molecular weight is 220 g/mol. The lowest BCUT2D eigenvalue weighted by molar-refractivity contribution is 0.500. The molecule has 6 nitrogen and oxygen atoms in total. The van der Waals surface area contributed by atoms with Crippen molar-refractivity contribution in [3.8, 4) is 0 Å². The van der Waals surface area contributed by atoms with Crippen LogP contribution in [0.4, 0.5) is 0 Å². The van der Waals surface area contributed by atoms with Gasteiger partial charge in [-0.05, 0) is 35.5 Å². The Labute approximate surface area is 94.0 Å². The third kappa shape index (κ3) is 2.33. The lowest BCUT2D eigenvalue weighted by Crippen LogP contribution is -2.30. The van der Waals surface area contributed by atoms with Crippen LogP contribution in [0.2, 0.25) is 0 Å². The highest BCUT2D eigenvalue weighted by Gasteiger charge is 2.08. The van der Waals surface area contributed by atoms with E-state index in [-0.39, 0.29) is 0 Å². The Bertz CT molecular complexity index is 451. The summed E-state index contributed by atoms with van der Waals surface area (Å²) in [6.07, 6.45) is 1.99. The Morgan fingerprint density at radius 2 is 2.25 bits per heavy atom. The summed E-state index contributed by atoms with van der Waals surface area (Å²) in [7, 11) is 0. The first kappa shape index (κ1) is 10.9. The van der Waals surface area contributed by atoms with Crippen LogP contribution in [0.15, 0.2) is 12.1 Å². The van der Waals surface area contributed by atoms with E-state index < -0.39 is 0 Å². The van der Waals surface area contributed by atoms with E-state index in [1.54, 1.807) is 0 Å². The molecule has 0 saturated carbocycles. The molecule has 0 aromatic carbocycles. The molecule has 6 heteroatoms. The van der Waals surface area contributed by atoms with Crippen molar-refractivity contribution in [1.29, 1.82) is 0 Å². The number of rotatable bonds is 5. The molecule has 0 aliphatic carbocycles. The first-order valence-corrected chi connectivity index (χ1v) is 5.61. The maximum atomic E-state index is 4.35. The van der Waals surface area contributed by atoms with E-state index in [0.717, 1.165) is 25.1 Å². The van der Waals surface area contributed by atoms with Crippen molar-refractivity contribution in [3.05, 3.63) is 17.8 Å². The zero-order chi connectivity index (χ0) is 11.4. The highest BCUT2D eigenvalue weighted by molar-refractivity contribution is 5.32. The molecule has 2 aromatic rings. The van der Waals surface area contributed by atoms with E-state index in [4.69, 9.17) is 0 Å². The molecule has 2 rings (SSSR count). The van der Waals surface area contributed by atoms with Crippen molar-refractivity contribution in [2.24, 2.45) is 0 Å². The normalized spacial score (nSPS) is 13.1. The number of fused-ring (bicyclic) bond motifs is 1. The van der Waals surface area contributed by atoms with E-state index in [9.17, 15) is 0 Å². The van der Waals surface area contributed by atoms with Crippen LogP contribution in [0.1, 0.15) is 26.0 Å². The van der Waals surface area contributed by atoms with Crippen molar-refractivity contribution in [3.63, 3.8) is 0 Å². The molecular formula is C10H16N6. The third-order valence-electron chi connectivity index (χ3n) is 2.57. The highest BCUT2D eigenvalue weighted by Crippen LogP contribution is 2.03. The van der Waals surface area contributed by atoms with E-state index in [1.165, 1.54) is 4.63 Å². The number of hydrogen-bond donors (Lipinski definition) is 1. The fourth-order valence-corrected chi connectivity index (χ4v) is 1.70. The van der Waals surface area contributed by atoms with Gasteiger partial charge in [-0.25, -0.2) is 0 Å². The molecular weight excluding hydrogens is 204 g/mol. The fourth-order valence-electron chi connectivity index (χ4n) is 1.70. The Morgan fingerprint density at radius 3 is 3.00 bits per heavy atom. The summed E-state index contributed by atoms with van der Waals surface area (Å²) in [5.41, 5.74) is 1.69. The zero-order valence-electron chi connectivity index (χ0n) is 9.59. The summed E-state index contributed by atoms with van der Waals surface area (Å²) in [5, 5.41) is 18.9. The Kier molecular flexibility index (Phi) is 3.40. The number of nitrogens with one attached hydrogen (secondary N) is 1.